The molecule has 0 atom stereocenters. The minimum absolute atomic E-state index is 0.489. The van der Waals surface area contributed by atoms with Crippen molar-refractivity contribution in [2.75, 3.05) is 24.9 Å². The molecule has 3 aromatic rings. The molecule has 0 radical (unpaired) electrons. The summed E-state index contributed by atoms with van der Waals surface area (Å²) in [7, 11) is 3.21. The van der Waals surface area contributed by atoms with Crippen LogP contribution in [0.4, 0.5) is 23.1 Å². The predicted molar refractivity (Wildman–Crippen MR) is 109 cm³/mol. The summed E-state index contributed by atoms with van der Waals surface area (Å²) < 4.78 is 10.6. The van der Waals surface area contributed by atoms with Crippen LogP contribution in [0.15, 0.2) is 42.5 Å². The Bertz CT molecular complexity index is 963. The van der Waals surface area contributed by atoms with E-state index in [9.17, 15) is 0 Å². The van der Waals surface area contributed by atoms with Gasteiger partial charge in [-0.05, 0) is 43.7 Å². The fourth-order valence-corrected chi connectivity index (χ4v) is 2.77. The van der Waals surface area contributed by atoms with Gasteiger partial charge < -0.3 is 20.1 Å². The van der Waals surface area contributed by atoms with Crippen LogP contribution < -0.4 is 20.1 Å². The first kappa shape index (κ1) is 18.8. The number of nitrogens with one attached hydrogen (secondary N) is 2. The van der Waals surface area contributed by atoms with Gasteiger partial charge in [0.2, 0.25) is 5.95 Å². The quantitative estimate of drug-likeness (QED) is 0.604. The third kappa shape index (κ3) is 4.60. The molecule has 7 heteroatoms. The molecule has 0 unspecified atom stereocenters. The summed E-state index contributed by atoms with van der Waals surface area (Å²) >= 11 is 6.09. The Hall–Kier alpha value is -2.99. The summed E-state index contributed by atoms with van der Waals surface area (Å²) in [6.07, 6.45) is 0. The average molecular weight is 385 g/mol. The van der Waals surface area contributed by atoms with Gasteiger partial charge in [-0.15, -0.1) is 0 Å². The van der Waals surface area contributed by atoms with Gasteiger partial charge >= 0.3 is 0 Å². The number of nitrogens with zero attached hydrogens (tertiary/aromatic N) is 2. The van der Waals surface area contributed by atoms with E-state index in [-0.39, 0.29) is 0 Å². The van der Waals surface area contributed by atoms with Crippen molar-refractivity contribution in [3.63, 3.8) is 0 Å². The van der Waals surface area contributed by atoms with Crippen LogP contribution in [0.25, 0.3) is 0 Å². The molecule has 2 N–H and O–H groups in total. The summed E-state index contributed by atoms with van der Waals surface area (Å²) in [5.41, 5.74) is 3.58. The van der Waals surface area contributed by atoms with E-state index in [4.69, 9.17) is 21.1 Å². The van der Waals surface area contributed by atoms with Gasteiger partial charge in [0.05, 0.1) is 14.2 Å². The fourth-order valence-electron chi connectivity index (χ4n) is 2.60. The molecule has 0 aliphatic rings. The number of rotatable bonds is 6. The molecular weight excluding hydrogens is 364 g/mol. The first-order chi connectivity index (χ1) is 13.0. The Morgan fingerprint density at radius 2 is 1.63 bits per heavy atom. The zero-order chi connectivity index (χ0) is 19.4. The van der Waals surface area contributed by atoms with Crippen molar-refractivity contribution in [2.24, 2.45) is 0 Å². The van der Waals surface area contributed by atoms with Crippen LogP contribution in [0.1, 0.15) is 11.3 Å². The van der Waals surface area contributed by atoms with E-state index in [0.717, 1.165) is 22.6 Å². The highest BCUT2D eigenvalue weighted by molar-refractivity contribution is 6.30. The highest BCUT2D eigenvalue weighted by atomic mass is 35.5. The molecule has 0 aliphatic carbocycles. The van der Waals surface area contributed by atoms with Crippen molar-refractivity contribution in [3.8, 4) is 11.5 Å². The second-order valence-corrected chi connectivity index (χ2v) is 6.43. The monoisotopic (exact) mass is 384 g/mol. The molecule has 0 fully saturated rings. The molecule has 0 bridgehead atoms. The van der Waals surface area contributed by atoms with Crippen LogP contribution in [-0.4, -0.2) is 24.2 Å². The van der Waals surface area contributed by atoms with Gasteiger partial charge in [0.1, 0.15) is 5.82 Å². The molecule has 2 aromatic carbocycles. The van der Waals surface area contributed by atoms with Crippen molar-refractivity contribution in [1.82, 2.24) is 9.97 Å². The molecule has 0 aliphatic heterocycles. The van der Waals surface area contributed by atoms with Gasteiger partial charge in [0.15, 0.2) is 11.5 Å². The normalized spacial score (nSPS) is 10.4. The molecule has 1 aromatic heterocycles. The van der Waals surface area contributed by atoms with E-state index in [1.807, 2.05) is 56.3 Å². The van der Waals surface area contributed by atoms with Crippen molar-refractivity contribution >= 4 is 34.7 Å². The minimum atomic E-state index is 0.489. The fraction of sp³-hybridized carbons (Fsp3) is 0.200. The van der Waals surface area contributed by atoms with Crippen LogP contribution in [-0.2, 0) is 0 Å². The van der Waals surface area contributed by atoms with Crippen molar-refractivity contribution in [1.29, 1.82) is 0 Å². The Kier molecular flexibility index (Phi) is 5.66. The molecule has 1 heterocycles. The molecule has 6 nitrogen and oxygen atoms in total. The second kappa shape index (κ2) is 8.14. The molecule has 140 valence electrons. The van der Waals surface area contributed by atoms with Gasteiger partial charge in [0.25, 0.3) is 0 Å². The molecule has 0 saturated heterocycles. The number of hydrogen-bond acceptors (Lipinski definition) is 6. The number of aryl methyl sites for hydroxylation is 2. The third-order valence-corrected chi connectivity index (χ3v) is 4.19. The summed E-state index contributed by atoms with van der Waals surface area (Å²) in [4.78, 5) is 9.00. The standard InChI is InChI=1S/C20H21ClN4O2/c1-12-5-6-14(21)10-16(12)24-20-22-13(2)9-19(25-20)23-15-7-8-17(26-3)18(11-15)27-4/h5-11H,1-4H3,(H2,22,23,24,25). The van der Waals surface area contributed by atoms with E-state index >= 15 is 0 Å². The van der Waals surface area contributed by atoms with Crippen LogP contribution in [0.5, 0.6) is 11.5 Å². The SMILES string of the molecule is COc1ccc(Nc2cc(C)nc(Nc3cc(Cl)ccc3C)n2)cc1OC. The minimum Gasteiger partial charge on any atom is -0.493 e. The topological polar surface area (TPSA) is 68.3 Å². The lowest BCUT2D eigenvalue weighted by Crippen LogP contribution is -2.03. The van der Waals surface area contributed by atoms with Crippen LogP contribution in [0.2, 0.25) is 5.02 Å². The van der Waals surface area contributed by atoms with Gasteiger partial charge in [-0.1, -0.05) is 17.7 Å². The van der Waals surface area contributed by atoms with E-state index in [1.165, 1.54) is 0 Å². The largest absolute Gasteiger partial charge is 0.493 e. The van der Waals surface area contributed by atoms with E-state index in [1.54, 1.807) is 14.2 Å². The summed E-state index contributed by atoms with van der Waals surface area (Å²) in [6, 6.07) is 13.1. The van der Waals surface area contributed by atoms with E-state index in [0.29, 0.717) is 28.3 Å². The lowest BCUT2D eigenvalue weighted by Gasteiger charge is -2.13. The molecular formula is C20H21ClN4O2. The Labute approximate surface area is 163 Å². The summed E-state index contributed by atoms with van der Waals surface area (Å²) in [6.45, 7) is 3.91. The van der Waals surface area contributed by atoms with Crippen LogP contribution >= 0.6 is 11.6 Å². The number of aromatic nitrogens is 2. The maximum absolute atomic E-state index is 6.09. The van der Waals surface area contributed by atoms with E-state index in [2.05, 4.69) is 20.6 Å². The third-order valence-electron chi connectivity index (χ3n) is 3.96. The number of benzene rings is 2. The Morgan fingerprint density at radius 3 is 2.37 bits per heavy atom. The second-order valence-electron chi connectivity index (χ2n) is 6.00. The van der Waals surface area contributed by atoms with E-state index < -0.39 is 0 Å². The number of anilines is 4. The Balaban J connectivity index is 1.86. The molecule has 0 saturated carbocycles. The zero-order valence-electron chi connectivity index (χ0n) is 15.6. The van der Waals surface area contributed by atoms with Crippen molar-refractivity contribution in [3.05, 3.63) is 58.7 Å². The first-order valence-corrected chi connectivity index (χ1v) is 8.74. The maximum atomic E-state index is 6.09. The lowest BCUT2D eigenvalue weighted by molar-refractivity contribution is 0.355. The van der Waals surface area contributed by atoms with Crippen molar-refractivity contribution < 1.29 is 9.47 Å². The van der Waals surface area contributed by atoms with Crippen molar-refractivity contribution in [2.45, 2.75) is 13.8 Å². The zero-order valence-corrected chi connectivity index (χ0v) is 16.4. The van der Waals surface area contributed by atoms with Gasteiger partial charge in [-0.3, -0.25) is 0 Å². The molecule has 3 rings (SSSR count). The number of ether oxygens (including phenoxy) is 2. The van der Waals surface area contributed by atoms with Crippen LogP contribution in [0.3, 0.4) is 0 Å². The smallest absolute Gasteiger partial charge is 0.229 e. The number of hydrogen-bond donors (Lipinski definition) is 2. The van der Waals surface area contributed by atoms with Gasteiger partial charge in [-0.2, -0.15) is 4.98 Å². The predicted octanol–water partition coefficient (Wildman–Crippen LogP) is 5.25. The number of halogens is 1. The number of methoxy groups -OCH3 is 2. The maximum Gasteiger partial charge on any atom is 0.229 e. The van der Waals surface area contributed by atoms with Gasteiger partial charge in [0, 0.05) is 34.2 Å². The molecule has 0 spiro atoms. The van der Waals surface area contributed by atoms with Crippen LogP contribution in [0, 0.1) is 13.8 Å². The van der Waals surface area contributed by atoms with Gasteiger partial charge in [-0.25, -0.2) is 4.98 Å². The Morgan fingerprint density at radius 1 is 0.852 bits per heavy atom. The first-order valence-electron chi connectivity index (χ1n) is 8.36. The average Bonchev–Trinajstić information content (AvgIpc) is 2.64. The highest BCUT2D eigenvalue weighted by Gasteiger charge is 2.08. The summed E-state index contributed by atoms with van der Waals surface area (Å²) in [5.74, 6) is 2.46. The highest BCUT2D eigenvalue weighted by Crippen LogP contribution is 2.31. The lowest BCUT2D eigenvalue weighted by atomic mass is 10.2. The molecule has 27 heavy (non-hydrogen) atoms. The molecule has 0 amide bonds. The summed E-state index contributed by atoms with van der Waals surface area (Å²) in [5, 5.41) is 7.15.